The summed E-state index contributed by atoms with van der Waals surface area (Å²) in [5.74, 6) is 0.844. The van der Waals surface area contributed by atoms with Crippen molar-refractivity contribution in [1.82, 2.24) is 4.98 Å². The molecule has 0 saturated heterocycles. The molecule has 0 aliphatic carbocycles. The number of anilines is 2. The highest BCUT2D eigenvalue weighted by atomic mass is 16.5. The van der Waals surface area contributed by atoms with Crippen LogP contribution in [-0.4, -0.2) is 24.6 Å². The molecule has 1 rings (SSSR count). The van der Waals surface area contributed by atoms with Gasteiger partial charge in [0, 0.05) is 6.54 Å². The lowest BCUT2D eigenvalue weighted by atomic mass is 9.99. The van der Waals surface area contributed by atoms with Gasteiger partial charge in [0.1, 0.15) is 5.82 Å². The van der Waals surface area contributed by atoms with E-state index in [4.69, 9.17) is 10.5 Å². The van der Waals surface area contributed by atoms with Gasteiger partial charge in [0.15, 0.2) is 0 Å². The molecular weight excluding hydrogens is 254 g/mol. The van der Waals surface area contributed by atoms with Crippen molar-refractivity contribution in [1.29, 1.82) is 0 Å². The smallest absolute Gasteiger partial charge is 0.340 e. The number of pyridine rings is 1. The minimum absolute atomic E-state index is 0.334. The highest BCUT2D eigenvalue weighted by molar-refractivity contribution is 5.95. The number of esters is 1. The lowest BCUT2D eigenvalue weighted by molar-refractivity contribution is 0.0602. The summed E-state index contributed by atoms with van der Waals surface area (Å²) < 4.78 is 4.70. The molecule has 0 aromatic carbocycles. The molecule has 0 saturated carbocycles. The lowest BCUT2D eigenvalue weighted by Gasteiger charge is -2.16. The Kier molecular flexibility index (Phi) is 6.84. The number of carbonyl (C=O) groups excluding carboxylic acids is 1. The van der Waals surface area contributed by atoms with E-state index < -0.39 is 5.97 Å². The van der Waals surface area contributed by atoms with Crippen molar-refractivity contribution in [3.8, 4) is 0 Å². The fraction of sp³-hybridized carbons (Fsp3) is 0.600. The Bertz CT molecular complexity index is 435. The highest BCUT2D eigenvalue weighted by Gasteiger charge is 2.12. The number of hydrogen-bond acceptors (Lipinski definition) is 5. The minimum Gasteiger partial charge on any atom is -0.465 e. The predicted octanol–water partition coefficient (Wildman–Crippen LogP) is 3.08. The molecule has 3 N–H and O–H groups in total. The summed E-state index contributed by atoms with van der Waals surface area (Å²) in [6, 6.07) is 1.65. The number of nitrogen functional groups attached to an aromatic ring is 1. The number of nitrogens with one attached hydrogen (secondary N) is 1. The monoisotopic (exact) mass is 279 g/mol. The van der Waals surface area contributed by atoms with Crippen LogP contribution in [0.4, 0.5) is 11.5 Å². The summed E-state index contributed by atoms with van der Waals surface area (Å²) in [7, 11) is 1.34. The molecule has 0 bridgehead atoms. The van der Waals surface area contributed by atoms with Crippen molar-refractivity contribution in [2.75, 3.05) is 24.7 Å². The summed E-state index contributed by atoms with van der Waals surface area (Å²) in [5.41, 5.74) is 6.41. The van der Waals surface area contributed by atoms with Crippen molar-refractivity contribution < 1.29 is 9.53 Å². The second-order valence-electron chi connectivity index (χ2n) is 4.95. The summed E-state index contributed by atoms with van der Waals surface area (Å²) in [6.45, 7) is 5.25. The third-order valence-corrected chi connectivity index (χ3v) is 3.46. The second kappa shape index (κ2) is 8.40. The number of ether oxygens (including phenoxy) is 1. The molecule has 112 valence electrons. The third-order valence-electron chi connectivity index (χ3n) is 3.46. The quantitative estimate of drug-likeness (QED) is 0.715. The molecule has 0 aliphatic rings. The summed E-state index contributed by atoms with van der Waals surface area (Å²) in [5, 5.41) is 3.28. The van der Waals surface area contributed by atoms with E-state index in [1.807, 2.05) is 0 Å². The summed E-state index contributed by atoms with van der Waals surface area (Å²) >= 11 is 0. The number of hydrogen-bond donors (Lipinski definition) is 2. The van der Waals surface area contributed by atoms with E-state index in [9.17, 15) is 4.79 Å². The van der Waals surface area contributed by atoms with E-state index in [0.29, 0.717) is 23.0 Å². The highest BCUT2D eigenvalue weighted by Crippen LogP contribution is 2.18. The summed E-state index contributed by atoms with van der Waals surface area (Å²) in [4.78, 5) is 15.8. The van der Waals surface area contributed by atoms with Gasteiger partial charge in [-0.25, -0.2) is 9.78 Å². The first kappa shape index (κ1) is 16.3. The molecule has 5 heteroatoms. The van der Waals surface area contributed by atoms with Crippen molar-refractivity contribution in [3.63, 3.8) is 0 Å². The van der Waals surface area contributed by atoms with Crippen LogP contribution < -0.4 is 11.1 Å². The van der Waals surface area contributed by atoms with Crippen LogP contribution in [-0.2, 0) is 4.74 Å². The number of unbranched alkanes of at least 4 members (excludes halogenated alkanes) is 1. The van der Waals surface area contributed by atoms with Gasteiger partial charge in [-0.3, -0.25) is 0 Å². The van der Waals surface area contributed by atoms with Crippen LogP contribution in [0.3, 0.4) is 0 Å². The minimum atomic E-state index is -0.439. The number of rotatable bonds is 8. The fourth-order valence-corrected chi connectivity index (χ4v) is 2.04. The zero-order chi connectivity index (χ0) is 15.0. The predicted molar refractivity (Wildman–Crippen MR) is 81.8 cm³/mol. The first-order valence-electron chi connectivity index (χ1n) is 7.20. The first-order chi connectivity index (χ1) is 9.62. The van der Waals surface area contributed by atoms with E-state index in [0.717, 1.165) is 13.0 Å². The van der Waals surface area contributed by atoms with Gasteiger partial charge in [0.25, 0.3) is 0 Å². The topological polar surface area (TPSA) is 77.2 Å². The molecular formula is C15H25N3O2. The average molecular weight is 279 g/mol. The van der Waals surface area contributed by atoms with E-state index in [2.05, 4.69) is 24.1 Å². The van der Waals surface area contributed by atoms with Crippen molar-refractivity contribution in [2.45, 2.75) is 39.5 Å². The molecule has 5 nitrogen and oxygen atoms in total. The maximum Gasteiger partial charge on any atom is 0.340 e. The molecule has 0 aliphatic heterocycles. The Balaban J connectivity index is 2.66. The molecule has 1 unspecified atom stereocenters. The van der Waals surface area contributed by atoms with Crippen molar-refractivity contribution in [3.05, 3.63) is 17.8 Å². The lowest BCUT2D eigenvalue weighted by Crippen LogP contribution is -2.15. The first-order valence-corrected chi connectivity index (χ1v) is 7.20. The molecule has 0 amide bonds. The van der Waals surface area contributed by atoms with Gasteiger partial charge >= 0.3 is 5.97 Å². The Morgan fingerprint density at radius 1 is 1.50 bits per heavy atom. The van der Waals surface area contributed by atoms with Crippen LogP contribution in [0.1, 0.15) is 49.9 Å². The van der Waals surface area contributed by atoms with Gasteiger partial charge in [0.2, 0.25) is 0 Å². The Labute approximate surface area is 120 Å². The molecule has 0 spiro atoms. The second-order valence-corrected chi connectivity index (χ2v) is 4.95. The fourth-order valence-electron chi connectivity index (χ4n) is 2.04. The van der Waals surface area contributed by atoms with Gasteiger partial charge in [-0.05, 0) is 18.4 Å². The van der Waals surface area contributed by atoms with Gasteiger partial charge in [0.05, 0.1) is 24.6 Å². The largest absolute Gasteiger partial charge is 0.465 e. The van der Waals surface area contributed by atoms with Gasteiger partial charge in [-0.15, -0.1) is 0 Å². The molecule has 1 atom stereocenters. The Hall–Kier alpha value is -1.78. The van der Waals surface area contributed by atoms with Crippen LogP contribution in [0, 0.1) is 5.92 Å². The number of aromatic nitrogens is 1. The number of nitrogens with zero attached hydrogens (tertiary/aromatic N) is 1. The van der Waals surface area contributed by atoms with Gasteiger partial charge in [-0.1, -0.05) is 33.1 Å². The van der Waals surface area contributed by atoms with Crippen LogP contribution in [0.25, 0.3) is 0 Å². The molecule has 0 radical (unpaired) electrons. The molecule has 1 aromatic heterocycles. The van der Waals surface area contributed by atoms with E-state index in [1.165, 1.54) is 32.6 Å². The van der Waals surface area contributed by atoms with Gasteiger partial charge in [-0.2, -0.15) is 0 Å². The van der Waals surface area contributed by atoms with Gasteiger partial charge < -0.3 is 15.8 Å². The molecule has 1 aromatic rings. The number of carbonyl (C=O) groups is 1. The Morgan fingerprint density at radius 2 is 2.25 bits per heavy atom. The molecule has 20 heavy (non-hydrogen) atoms. The zero-order valence-corrected chi connectivity index (χ0v) is 12.6. The van der Waals surface area contributed by atoms with E-state index in [1.54, 1.807) is 6.07 Å². The van der Waals surface area contributed by atoms with Crippen LogP contribution in [0.2, 0.25) is 0 Å². The number of methoxy groups -OCH3 is 1. The standard InChI is InChI=1S/C15H25N3O2/c1-4-6-7-11(5-2)9-17-14-8-12(15(19)20-3)13(16)10-18-14/h8,10-11H,4-7,9,16H2,1-3H3,(H,17,18). The average Bonchev–Trinajstić information content (AvgIpc) is 2.48. The van der Waals surface area contributed by atoms with Crippen LogP contribution in [0.15, 0.2) is 12.3 Å². The van der Waals surface area contributed by atoms with Crippen LogP contribution >= 0.6 is 0 Å². The summed E-state index contributed by atoms with van der Waals surface area (Å²) in [6.07, 6.45) is 6.28. The van der Waals surface area contributed by atoms with E-state index in [-0.39, 0.29) is 0 Å². The normalized spacial score (nSPS) is 11.9. The molecule has 1 heterocycles. The third kappa shape index (κ3) is 4.72. The zero-order valence-electron chi connectivity index (χ0n) is 12.6. The molecule has 0 fully saturated rings. The van der Waals surface area contributed by atoms with Crippen LogP contribution in [0.5, 0.6) is 0 Å². The number of nitrogens with two attached hydrogens (primary N) is 1. The Morgan fingerprint density at radius 3 is 2.85 bits per heavy atom. The van der Waals surface area contributed by atoms with E-state index >= 15 is 0 Å². The van der Waals surface area contributed by atoms with Crippen molar-refractivity contribution >= 4 is 17.5 Å². The maximum absolute atomic E-state index is 11.6. The maximum atomic E-state index is 11.6. The van der Waals surface area contributed by atoms with Crippen molar-refractivity contribution in [2.24, 2.45) is 5.92 Å². The SMILES string of the molecule is CCCCC(CC)CNc1cc(C(=O)OC)c(N)cn1.